The Balaban J connectivity index is 2.08. The second-order valence-corrected chi connectivity index (χ2v) is 7.80. The van der Waals surface area contributed by atoms with E-state index in [0.29, 0.717) is 25.9 Å². The fourth-order valence-electron chi connectivity index (χ4n) is 2.56. The van der Waals surface area contributed by atoms with E-state index in [0.717, 1.165) is 19.3 Å². The molecule has 0 aliphatic carbocycles. The van der Waals surface area contributed by atoms with Gasteiger partial charge in [-0.2, -0.15) is 0 Å². The molecule has 2 atom stereocenters. The third kappa shape index (κ3) is 2.94. The molecule has 2 rings (SSSR count). The van der Waals surface area contributed by atoms with E-state index >= 15 is 0 Å². The van der Waals surface area contributed by atoms with Crippen LogP contribution in [0.5, 0.6) is 0 Å². The first-order chi connectivity index (χ1) is 8.00. The number of carbonyl (C=O) groups excluding carboxylic acids is 1. The van der Waals surface area contributed by atoms with E-state index in [-0.39, 0.29) is 17.0 Å². The van der Waals surface area contributed by atoms with Gasteiger partial charge in [-0.05, 0) is 25.7 Å². The summed E-state index contributed by atoms with van der Waals surface area (Å²) in [6.07, 6.45) is 3.76. The molecule has 98 valence electrons. The summed E-state index contributed by atoms with van der Waals surface area (Å²) in [5, 5.41) is -0.836. The van der Waals surface area contributed by atoms with Gasteiger partial charge in [0.1, 0.15) is 5.25 Å². The number of amides is 1. The monoisotopic (exact) mass is 279 g/mol. The summed E-state index contributed by atoms with van der Waals surface area (Å²) in [6, 6.07) is 0. The van der Waals surface area contributed by atoms with Crippen LogP contribution in [0.1, 0.15) is 32.1 Å². The molecule has 2 aliphatic heterocycles. The number of hydrogen-bond acceptors (Lipinski definition) is 3. The highest BCUT2D eigenvalue weighted by Gasteiger charge is 2.38. The van der Waals surface area contributed by atoms with E-state index in [4.69, 9.17) is 11.6 Å². The summed E-state index contributed by atoms with van der Waals surface area (Å²) in [6.45, 7) is 1.14. The van der Waals surface area contributed by atoms with E-state index in [1.54, 1.807) is 4.90 Å². The lowest BCUT2D eigenvalue weighted by atomic mass is 10.1. The topological polar surface area (TPSA) is 54.5 Å². The van der Waals surface area contributed by atoms with Crippen LogP contribution in [0, 0.1) is 0 Å². The van der Waals surface area contributed by atoms with Gasteiger partial charge in [-0.15, -0.1) is 11.6 Å². The molecule has 17 heavy (non-hydrogen) atoms. The lowest BCUT2D eigenvalue weighted by molar-refractivity contribution is -0.131. The van der Waals surface area contributed by atoms with Gasteiger partial charge in [0, 0.05) is 13.1 Å². The van der Waals surface area contributed by atoms with E-state index < -0.39 is 15.1 Å². The van der Waals surface area contributed by atoms with Crippen molar-refractivity contribution in [1.29, 1.82) is 0 Å². The zero-order chi connectivity index (χ0) is 12.5. The van der Waals surface area contributed by atoms with Gasteiger partial charge in [-0.1, -0.05) is 6.42 Å². The van der Waals surface area contributed by atoms with Crippen molar-refractivity contribution in [3.8, 4) is 0 Å². The molecular weight excluding hydrogens is 262 g/mol. The second-order valence-electron chi connectivity index (χ2n) is 4.88. The van der Waals surface area contributed by atoms with Gasteiger partial charge in [0.05, 0.1) is 11.1 Å². The normalized spacial score (nSPS) is 33.4. The number of piperidine rings is 1. The van der Waals surface area contributed by atoms with Crippen LogP contribution in [-0.2, 0) is 14.6 Å². The minimum absolute atomic E-state index is 0.0287. The first-order valence-electron chi connectivity index (χ1n) is 6.15. The molecule has 6 heteroatoms. The standard InChI is InChI=1S/C11H18ClNO3S/c12-9-4-3-6-13(8-9)11(14)10-5-1-2-7-17(10,15)16/h9-10H,1-8H2. The van der Waals surface area contributed by atoms with Gasteiger partial charge in [-0.3, -0.25) is 4.79 Å². The molecule has 4 nitrogen and oxygen atoms in total. The fourth-order valence-corrected chi connectivity index (χ4v) is 4.76. The highest BCUT2D eigenvalue weighted by Crippen LogP contribution is 2.24. The van der Waals surface area contributed by atoms with Crippen molar-refractivity contribution in [2.75, 3.05) is 18.8 Å². The number of carbonyl (C=O) groups is 1. The van der Waals surface area contributed by atoms with Crippen LogP contribution in [0.25, 0.3) is 0 Å². The molecule has 2 aliphatic rings. The van der Waals surface area contributed by atoms with Crippen LogP contribution in [0.15, 0.2) is 0 Å². The average molecular weight is 280 g/mol. The summed E-state index contributed by atoms with van der Waals surface area (Å²) >= 11 is 6.02. The lowest BCUT2D eigenvalue weighted by Crippen LogP contribution is -2.49. The Morgan fingerprint density at radius 2 is 1.94 bits per heavy atom. The minimum Gasteiger partial charge on any atom is -0.340 e. The maximum atomic E-state index is 12.2. The SMILES string of the molecule is O=C(C1CCCCS1(=O)=O)N1CCCC(Cl)C1. The van der Waals surface area contributed by atoms with Crippen molar-refractivity contribution >= 4 is 27.3 Å². The largest absolute Gasteiger partial charge is 0.340 e. The molecule has 0 radical (unpaired) electrons. The summed E-state index contributed by atoms with van der Waals surface area (Å²) < 4.78 is 23.7. The fraction of sp³-hybridized carbons (Fsp3) is 0.909. The Hall–Kier alpha value is -0.290. The van der Waals surface area contributed by atoms with Gasteiger partial charge in [0.25, 0.3) is 0 Å². The highest BCUT2D eigenvalue weighted by atomic mass is 35.5. The van der Waals surface area contributed by atoms with Gasteiger partial charge in [-0.25, -0.2) is 8.42 Å². The zero-order valence-electron chi connectivity index (χ0n) is 9.77. The van der Waals surface area contributed by atoms with Crippen LogP contribution in [-0.4, -0.2) is 48.7 Å². The smallest absolute Gasteiger partial charge is 0.240 e. The molecule has 0 aromatic heterocycles. The highest BCUT2D eigenvalue weighted by molar-refractivity contribution is 7.92. The van der Waals surface area contributed by atoms with Crippen molar-refractivity contribution in [2.24, 2.45) is 0 Å². The number of sulfone groups is 1. The van der Waals surface area contributed by atoms with E-state index in [9.17, 15) is 13.2 Å². The molecule has 0 aromatic rings. The van der Waals surface area contributed by atoms with E-state index in [1.165, 1.54) is 0 Å². The van der Waals surface area contributed by atoms with Gasteiger partial charge in [0.15, 0.2) is 9.84 Å². The molecule has 0 aromatic carbocycles. The summed E-state index contributed by atoms with van der Waals surface area (Å²) in [5.41, 5.74) is 0. The molecule has 2 fully saturated rings. The predicted octanol–water partition coefficient (Wildman–Crippen LogP) is 1.18. The van der Waals surface area contributed by atoms with Crippen molar-refractivity contribution in [3.05, 3.63) is 0 Å². The number of alkyl halides is 1. The third-order valence-electron chi connectivity index (χ3n) is 3.53. The first kappa shape index (κ1) is 13.1. The third-order valence-corrected chi connectivity index (χ3v) is 6.05. The summed E-state index contributed by atoms with van der Waals surface area (Å²) in [4.78, 5) is 13.8. The molecule has 2 unspecified atom stereocenters. The van der Waals surface area contributed by atoms with E-state index in [1.807, 2.05) is 0 Å². The van der Waals surface area contributed by atoms with Crippen LogP contribution < -0.4 is 0 Å². The summed E-state index contributed by atoms with van der Waals surface area (Å²) in [5.74, 6) is -0.0725. The first-order valence-corrected chi connectivity index (χ1v) is 8.30. The van der Waals surface area contributed by atoms with Crippen molar-refractivity contribution in [2.45, 2.75) is 42.7 Å². The molecule has 0 bridgehead atoms. The molecule has 0 spiro atoms. The maximum Gasteiger partial charge on any atom is 0.240 e. The number of rotatable bonds is 1. The number of likely N-dealkylation sites (tertiary alicyclic amines) is 1. The van der Waals surface area contributed by atoms with E-state index in [2.05, 4.69) is 0 Å². The molecule has 2 saturated heterocycles. The Kier molecular flexibility index (Phi) is 3.98. The predicted molar refractivity (Wildman–Crippen MR) is 66.9 cm³/mol. The Bertz CT molecular complexity index is 396. The lowest BCUT2D eigenvalue weighted by Gasteiger charge is -2.33. The van der Waals surface area contributed by atoms with Crippen LogP contribution in [0.3, 0.4) is 0 Å². The molecule has 1 amide bonds. The van der Waals surface area contributed by atoms with Gasteiger partial charge < -0.3 is 4.90 Å². The molecular formula is C11H18ClNO3S. The molecule has 0 saturated carbocycles. The zero-order valence-corrected chi connectivity index (χ0v) is 11.3. The van der Waals surface area contributed by atoms with Gasteiger partial charge >= 0.3 is 0 Å². The summed E-state index contributed by atoms with van der Waals surface area (Å²) in [7, 11) is -3.22. The van der Waals surface area contributed by atoms with Crippen molar-refractivity contribution < 1.29 is 13.2 Å². The maximum absolute atomic E-state index is 12.2. The minimum atomic E-state index is -3.22. The van der Waals surface area contributed by atoms with Gasteiger partial charge in [0.2, 0.25) is 5.91 Å². The average Bonchev–Trinajstić information content (AvgIpc) is 2.27. The van der Waals surface area contributed by atoms with Crippen LogP contribution in [0.4, 0.5) is 0 Å². The Morgan fingerprint density at radius 3 is 2.59 bits per heavy atom. The molecule has 0 N–H and O–H groups in total. The van der Waals surface area contributed by atoms with Crippen LogP contribution in [0.2, 0.25) is 0 Å². The second kappa shape index (κ2) is 5.14. The number of hydrogen-bond donors (Lipinski definition) is 0. The quantitative estimate of drug-likeness (QED) is 0.678. The van der Waals surface area contributed by atoms with Crippen molar-refractivity contribution in [3.63, 3.8) is 0 Å². The molecule has 2 heterocycles. The number of halogens is 1. The van der Waals surface area contributed by atoms with Crippen molar-refractivity contribution in [1.82, 2.24) is 4.90 Å². The Labute approximate surface area is 107 Å². The Morgan fingerprint density at radius 1 is 1.18 bits per heavy atom. The number of nitrogens with zero attached hydrogens (tertiary/aromatic N) is 1. The van der Waals surface area contributed by atoms with Crippen LogP contribution >= 0.6 is 11.6 Å².